The van der Waals surface area contributed by atoms with Gasteiger partial charge in [-0.25, -0.2) is 0 Å². The van der Waals surface area contributed by atoms with Crippen LogP contribution in [0.3, 0.4) is 0 Å². The topological polar surface area (TPSA) is 85.0 Å². The van der Waals surface area contributed by atoms with E-state index < -0.39 is 0 Å². The Morgan fingerprint density at radius 1 is 0.913 bits per heavy atom. The summed E-state index contributed by atoms with van der Waals surface area (Å²) >= 11 is 0. The van der Waals surface area contributed by atoms with Gasteiger partial charge in [-0.05, 0) is 29.8 Å². The van der Waals surface area contributed by atoms with Crippen LogP contribution in [0.15, 0.2) is 47.1 Å². The van der Waals surface area contributed by atoms with E-state index in [0.717, 1.165) is 5.56 Å². The average Bonchev–Trinajstić information content (AvgIpc) is 3.03. The van der Waals surface area contributed by atoms with Crippen molar-refractivity contribution in [2.45, 2.75) is 0 Å². The van der Waals surface area contributed by atoms with Gasteiger partial charge in [0.15, 0.2) is 17.3 Å². The van der Waals surface area contributed by atoms with Crippen LogP contribution in [-0.2, 0) is 0 Å². The van der Waals surface area contributed by atoms with Crippen LogP contribution < -0.4 is 9.47 Å². The minimum Gasteiger partial charge on any atom is -0.508 e. The van der Waals surface area contributed by atoms with Crippen LogP contribution >= 0.6 is 0 Å². The van der Waals surface area contributed by atoms with Crippen molar-refractivity contribution in [2.24, 2.45) is 0 Å². The lowest BCUT2D eigenvalue weighted by molar-refractivity contribution is 0.355. The Balaban J connectivity index is 2.11. The van der Waals surface area contributed by atoms with Crippen molar-refractivity contribution in [3.8, 4) is 45.4 Å². The molecule has 0 aliphatic carbocycles. The lowest BCUT2D eigenvalue weighted by Gasteiger charge is -2.09. The van der Waals surface area contributed by atoms with E-state index in [0.29, 0.717) is 28.4 Å². The summed E-state index contributed by atoms with van der Waals surface area (Å²) < 4.78 is 15.8. The molecule has 0 aliphatic rings. The maximum atomic E-state index is 10.0. The number of hydrogen-bond donors (Lipinski definition) is 2. The summed E-state index contributed by atoms with van der Waals surface area (Å²) in [4.78, 5) is 0. The Hall–Kier alpha value is -3.15. The number of aromatic hydroxyl groups is 2. The molecule has 6 heteroatoms. The lowest BCUT2D eigenvalue weighted by atomic mass is 10.0. The second kappa shape index (κ2) is 5.92. The summed E-state index contributed by atoms with van der Waals surface area (Å²) in [6, 6.07) is 9.70. The summed E-state index contributed by atoms with van der Waals surface area (Å²) in [6.45, 7) is 0. The van der Waals surface area contributed by atoms with Gasteiger partial charge >= 0.3 is 0 Å². The molecule has 1 heterocycles. The van der Waals surface area contributed by atoms with Crippen molar-refractivity contribution >= 4 is 0 Å². The van der Waals surface area contributed by atoms with Gasteiger partial charge in [-0.15, -0.1) is 0 Å². The van der Waals surface area contributed by atoms with Crippen LogP contribution in [0.25, 0.3) is 22.5 Å². The number of hydrogen-bond acceptors (Lipinski definition) is 6. The van der Waals surface area contributed by atoms with E-state index in [4.69, 9.17) is 14.0 Å². The van der Waals surface area contributed by atoms with E-state index in [9.17, 15) is 10.2 Å². The fourth-order valence-corrected chi connectivity index (χ4v) is 2.36. The Bertz CT molecular complexity index is 841. The van der Waals surface area contributed by atoms with E-state index in [-0.39, 0.29) is 11.5 Å². The van der Waals surface area contributed by atoms with E-state index in [1.165, 1.54) is 12.1 Å². The Morgan fingerprint density at radius 3 is 2.39 bits per heavy atom. The first-order valence-corrected chi connectivity index (χ1v) is 6.83. The third kappa shape index (κ3) is 2.66. The van der Waals surface area contributed by atoms with Gasteiger partial charge in [0.2, 0.25) is 0 Å². The van der Waals surface area contributed by atoms with Crippen LogP contribution in [0.5, 0.6) is 23.0 Å². The summed E-state index contributed by atoms with van der Waals surface area (Å²) in [5, 5.41) is 23.3. The molecule has 0 saturated heterocycles. The summed E-state index contributed by atoms with van der Waals surface area (Å²) in [5.41, 5.74) is 1.92. The molecule has 118 valence electrons. The predicted molar refractivity (Wildman–Crippen MR) is 83.8 cm³/mol. The van der Waals surface area contributed by atoms with Crippen LogP contribution in [0, 0.1) is 0 Å². The minimum atomic E-state index is -0.0940. The van der Waals surface area contributed by atoms with E-state index >= 15 is 0 Å². The molecule has 23 heavy (non-hydrogen) atoms. The second-order valence-electron chi connectivity index (χ2n) is 4.84. The first-order valence-electron chi connectivity index (χ1n) is 6.83. The molecular weight excluding hydrogens is 298 g/mol. The van der Waals surface area contributed by atoms with Gasteiger partial charge < -0.3 is 24.2 Å². The number of benzene rings is 2. The van der Waals surface area contributed by atoms with E-state index in [1.54, 1.807) is 38.6 Å². The highest BCUT2D eigenvalue weighted by Crippen LogP contribution is 2.40. The highest BCUT2D eigenvalue weighted by Gasteiger charge is 2.18. The molecule has 6 nitrogen and oxygen atoms in total. The molecule has 0 amide bonds. The first-order chi connectivity index (χ1) is 11.1. The van der Waals surface area contributed by atoms with Gasteiger partial charge in [-0.1, -0.05) is 11.2 Å². The van der Waals surface area contributed by atoms with Crippen molar-refractivity contribution < 1.29 is 24.2 Å². The Kier molecular flexibility index (Phi) is 3.80. The van der Waals surface area contributed by atoms with Crippen molar-refractivity contribution in [2.75, 3.05) is 14.2 Å². The van der Waals surface area contributed by atoms with Gasteiger partial charge in [0.25, 0.3) is 0 Å². The van der Waals surface area contributed by atoms with Gasteiger partial charge in [0.1, 0.15) is 11.5 Å². The molecule has 3 aromatic rings. The number of ether oxygens (including phenoxy) is 2. The molecule has 1 aromatic heterocycles. The first kappa shape index (κ1) is 14.8. The molecule has 0 atom stereocenters. The largest absolute Gasteiger partial charge is 0.508 e. The fraction of sp³-hybridized carbons (Fsp3) is 0.118. The summed E-state index contributed by atoms with van der Waals surface area (Å²) in [6.07, 6.45) is 1.56. The van der Waals surface area contributed by atoms with Gasteiger partial charge in [0, 0.05) is 11.6 Å². The van der Waals surface area contributed by atoms with Crippen molar-refractivity contribution in [1.29, 1.82) is 0 Å². The Labute approximate surface area is 132 Å². The Morgan fingerprint density at radius 2 is 1.70 bits per heavy atom. The number of phenols is 2. The standard InChI is InChI=1S/C17H15NO5/c1-21-15-6-3-10(7-16(15)22-2)13-9-18-23-17(13)12-5-4-11(19)8-14(12)20/h3-9,19-20H,1-2H3. The quantitative estimate of drug-likeness (QED) is 0.767. The predicted octanol–water partition coefficient (Wildman–Crippen LogP) is 3.44. The molecular formula is C17H15NO5. The zero-order valence-electron chi connectivity index (χ0n) is 12.6. The number of phenolic OH excluding ortho intramolecular Hbond substituents is 2. The normalized spacial score (nSPS) is 10.5. The van der Waals surface area contributed by atoms with E-state index in [2.05, 4.69) is 5.16 Å². The highest BCUT2D eigenvalue weighted by molar-refractivity contribution is 5.82. The highest BCUT2D eigenvalue weighted by atomic mass is 16.5. The zero-order valence-corrected chi connectivity index (χ0v) is 12.6. The van der Waals surface area contributed by atoms with Crippen LogP contribution in [0.2, 0.25) is 0 Å². The monoisotopic (exact) mass is 313 g/mol. The summed E-state index contributed by atoms with van der Waals surface area (Å²) in [5.74, 6) is 1.46. The smallest absolute Gasteiger partial charge is 0.178 e. The fourth-order valence-electron chi connectivity index (χ4n) is 2.36. The molecule has 0 unspecified atom stereocenters. The third-order valence-corrected chi connectivity index (χ3v) is 3.49. The zero-order chi connectivity index (χ0) is 16.4. The number of aromatic nitrogens is 1. The van der Waals surface area contributed by atoms with E-state index in [1.807, 2.05) is 6.07 Å². The molecule has 0 radical (unpaired) electrons. The maximum Gasteiger partial charge on any atom is 0.178 e. The molecule has 3 rings (SSSR count). The molecule has 2 aromatic carbocycles. The molecule has 0 bridgehead atoms. The van der Waals surface area contributed by atoms with Crippen molar-refractivity contribution in [1.82, 2.24) is 5.16 Å². The SMILES string of the molecule is COc1ccc(-c2cnoc2-c2ccc(O)cc2O)cc1OC. The molecule has 0 saturated carbocycles. The third-order valence-electron chi connectivity index (χ3n) is 3.49. The van der Waals surface area contributed by atoms with Crippen molar-refractivity contribution in [3.63, 3.8) is 0 Å². The van der Waals surface area contributed by atoms with Crippen LogP contribution in [0.4, 0.5) is 0 Å². The molecule has 0 fully saturated rings. The summed E-state index contributed by atoms with van der Waals surface area (Å²) in [7, 11) is 3.12. The van der Waals surface area contributed by atoms with Crippen LogP contribution in [-0.4, -0.2) is 29.6 Å². The second-order valence-corrected chi connectivity index (χ2v) is 4.84. The van der Waals surface area contributed by atoms with Gasteiger partial charge in [0.05, 0.1) is 26.0 Å². The molecule has 2 N–H and O–H groups in total. The minimum absolute atomic E-state index is 0.0292. The van der Waals surface area contributed by atoms with Gasteiger partial charge in [-0.3, -0.25) is 0 Å². The van der Waals surface area contributed by atoms with Crippen LogP contribution in [0.1, 0.15) is 0 Å². The number of nitrogens with zero attached hydrogens (tertiary/aromatic N) is 1. The molecule has 0 aliphatic heterocycles. The maximum absolute atomic E-state index is 10.0. The van der Waals surface area contributed by atoms with Gasteiger partial charge in [-0.2, -0.15) is 0 Å². The number of methoxy groups -OCH3 is 2. The molecule has 0 spiro atoms. The van der Waals surface area contributed by atoms with Crippen molar-refractivity contribution in [3.05, 3.63) is 42.6 Å². The lowest BCUT2D eigenvalue weighted by Crippen LogP contribution is -1.91. The average molecular weight is 313 g/mol. The number of rotatable bonds is 4.